The van der Waals surface area contributed by atoms with Gasteiger partial charge in [-0.25, -0.2) is 9.98 Å². The van der Waals surface area contributed by atoms with E-state index >= 15 is 0 Å². The standard InChI is InChI=1S/C45H51N9O3/c1-8-33-20-29(4)21-36-38(27-47-26-34-22-30(5)49-53(34)9-2)44(46-7)51(42(33)36)16-11-12-17-52-43-37(24-32(28-56)25-41(43)57-19-13-18-55)35-14-15-39(48-45(35)52)40-23-31(6)50-54(40)10-3/h11-12,14-15,20-25,27-28,55H,7-10,13,16-19,26H2,1-6H3/b12-11+,47-27-. The molecule has 0 unspecified atom stereocenters. The average Bonchev–Trinajstić information content (AvgIpc) is 3.95. The van der Waals surface area contributed by atoms with E-state index in [1.54, 1.807) is 6.07 Å². The molecule has 0 aliphatic carbocycles. The van der Waals surface area contributed by atoms with Gasteiger partial charge in [-0.1, -0.05) is 30.7 Å². The number of aliphatic hydroxyl groups excluding tert-OH is 1. The van der Waals surface area contributed by atoms with Crippen molar-refractivity contribution in [2.75, 3.05) is 13.2 Å². The Hall–Kier alpha value is -6.14. The minimum atomic E-state index is 0.00436. The topological polar surface area (TPSA) is 130 Å². The molecule has 5 heterocycles. The van der Waals surface area contributed by atoms with Gasteiger partial charge in [-0.2, -0.15) is 10.2 Å². The van der Waals surface area contributed by atoms with Crippen LogP contribution in [0, 0.1) is 20.8 Å². The van der Waals surface area contributed by atoms with Crippen molar-refractivity contribution in [3.05, 3.63) is 100 Å². The SMILES string of the molecule is C=Nc1c(/C=N\Cc2cc(C)nn2CC)c2cc(C)cc(CC)c2n1C/C=C/Cn1c2nc(-c3cc(C)nn3CC)ccc2c2cc(C=O)cc(OCCCO)c21. The highest BCUT2D eigenvalue weighted by Crippen LogP contribution is 2.38. The lowest BCUT2D eigenvalue weighted by Gasteiger charge is -2.12. The number of aldehydes is 1. The van der Waals surface area contributed by atoms with Gasteiger partial charge in [0.2, 0.25) is 0 Å². The second-order valence-corrected chi connectivity index (χ2v) is 14.3. The van der Waals surface area contributed by atoms with Crippen molar-refractivity contribution >= 4 is 57.9 Å². The van der Waals surface area contributed by atoms with Gasteiger partial charge in [0, 0.05) is 72.7 Å². The van der Waals surface area contributed by atoms with Crippen LogP contribution in [-0.2, 0) is 39.1 Å². The smallest absolute Gasteiger partial charge is 0.150 e. The Balaban J connectivity index is 1.31. The third kappa shape index (κ3) is 7.57. The van der Waals surface area contributed by atoms with E-state index in [2.05, 4.69) is 101 Å². The molecule has 0 atom stereocenters. The quantitative estimate of drug-likeness (QED) is 0.0429. The van der Waals surface area contributed by atoms with E-state index in [4.69, 9.17) is 14.7 Å². The van der Waals surface area contributed by atoms with Gasteiger partial charge in [0.25, 0.3) is 0 Å². The minimum Gasteiger partial charge on any atom is -0.491 e. The third-order valence-corrected chi connectivity index (χ3v) is 10.4. The predicted octanol–water partition coefficient (Wildman–Crippen LogP) is 8.51. The number of rotatable bonds is 17. The van der Waals surface area contributed by atoms with E-state index in [1.807, 2.05) is 41.6 Å². The predicted molar refractivity (Wildman–Crippen MR) is 230 cm³/mol. The molecule has 7 rings (SSSR count). The van der Waals surface area contributed by atoms with E-state index in [-0.39, 0.29) is 6.61 Å². The number of aliphatic hydroxyl groups is 1. The zero-order valence-corrected chi connectivity index (χ0v) is 33.8. The highest BCUT2D eigenvalue weighted by molar-refractivity contribution is 6.11. The Labute approximate surface area is 332 Å². The van der Waals surface area contributed by atoms with E-state index in [0.717, 1.165) is 91.9 Å². The Morgan fingerprint density at radius 1 is 0.860 bits per heavy atom. The van der Waals surface area contributed by atoms with Crippen LogP contribution < -0.4 is 4.74 Å². The normalized spacial score (nSPS) is 12.1. The first-order chi connectivity index (χ1) is 27.7. The molecule has 294 valence electrons. The number of nitrogens with zero attached hydrogens (tertiary/aromatic N) is 9. The van der Waals surface area contributed by atoms with Crippen LogP contribution in [0.3, 0.4) is 0 Å². The number of hydrogen-bond acceptors (Lipinski definition) is 8. The number of pyridine rings is 1. The van der Waals surface area contributed by atoms with Gasteiger partial charge < -0.3 is 19.0 Å². The number of aliphatic imine (C=N–C) groups is 2. The minimum absolute atomic E-state index is 0.00436. The van der Waals surface area contributed by atoms with Crippen molar-refractivity contribution in [3.8, 4) is 17.1 Å². The van der Waals surface area contributed by atoms with Gasteiger partial charge >= 0.3 is 0 Å². The molecular formula is C45H51N9O3. The number of fused-ring (bicyclic) bond motifs is 4. The van der Waals surface area contributed by atoms with Crippen LogP contribution in [-0.4, -0.2) is 71.2 Å². The number of allylic oxidation sites excluding steroid dienone is 2. The van der Waals surface area contributed by atoms with Gasteiger partial charge in [0.05, 0.1) is 52.7 Å². The third-order valence-electron chi connectivity index (χ3n) is 10.4. The molecule has 2 aromatic carbocycles. The lowest BCUT2D eigenvalue weighted by atomic mass is 10.0. The first kappa shape index (κ1) is 39.1. The van der Waals surface area contributed by atoms with Crippen LogP contribution in [0.2, 0.25) is 0 Å². The summed E-state index contributed by atoms with van der Waals surface area (Å²) in [5.41, 5.74) is 11.3. The molecule has 1 N–H and O–H groups in total. The molecular weight excluding hydrogens is 715 g/mol. The fraction of sp³-hybridized carbons (Fsp3) is 0.333. The fourth-order valence-electron chi connectivity index (χ4n) is 7.91. The summed E-state index contributed by atoms with van der Waals surface area (Å²) in [5.74, 6) is 1.34. The molecule has 0 amide bonds. The number of carbonyl (C=O) groups excluding carboxylic acids is 1. The van der Waals surface area contributed by atoms with Crippen LogP contribution in [0.5, 0.6) is 5.75 Å². The molecule has 0 fully saturated rings. The summed E-state index contributed by atoms with van der Waals surface area (Å²) in [6.45, 7) is 19.8. The van der Waals surface area contributed by atoms with E-state index in [1.165, 1.54) is 11.1 Å². The van der Waals surface area contributed by atoms with Crippen molar-refractivity contribution in [1.29, 1.82) is 0 Å². The van der Waals surface area contributed by atoms with Crippen LogP contribution in [0.15, 0.2) is 70.7 Å². The molecule has 0 bridgehead atoms. The Morgan fingerprint density at radius 2 is 1.61 bits per heavy atom. The number of aryl methyl sites for hydroxylation is 6. The van der Waals surface area contributed by atoms with Crippen LogP contribution in [0.25, 0.3) is 44.2 Å². The summed E-state index contributed by atoms with van der Waals surface area (Å²) < 4.78 is 14.6. The molecule has 12 nitrogen and oxygen atoms in total. The zero-order valence-electron chi connectivity index (χ0n) is 33.8. The van der Waals surface area contributed by atoms with Gasteiger partial charge in [-0.05, 0) is 95.8 Å². The summed E-state index contributed by atoms with van der Waals surface area (Å²) >= 11 is 0. The average molecular weight is 766 g/mol. The second kappa shape index (κ2) is 16.9. The summed E-state index contributed by atoms with van der Waals surface area (Å²) in [4.78, 5) is 26.9. The number of ether oxygens (including phenoxy) is 1. The highest BCUT2D eigenvalue weighted by Gasteiger charge is 2.21. The van der Waals surface area contributed by atoms with Gasteiger partial charge in [-0.3, -0.25) is 19.2 Å². The monoisotopic (exact) mass is 765 g/mol. The molecule has 0 saturated carbocycles. The van der Waals surface area contributed by atoms with E-state index in [9.17, 15) is 9.90 Å². The van der Waals surface area contributed by atoms with Gasteiger partial charge in [-0.15, -0.1) is 0 Å². The number of carbonyl (C=O) groups is 1. The lowest BCUT2D eigenvalue weighted by molar-refractivity contribution is 0.112. The first-order valence-corrected chi connectivity index (χ1v) is 19.7. The largest absolute Gasteiger partial charge is 0.491 e. The molecule has 0 aliphatic rings. The Morgan fingerprint density at radius 3 is 2.33 bits per heavy atom. The first-order valence-electron chi connectivity index (χ1n) is 19.7. The molecule has 0 spiro atoms. The van der Waals surface area contributed by atoms with Crippen molar-refractivity contribution < 1.29 is 14.6 Å². The summed E-state index contributed by atoms with van der Waals surface area (Å²) in [5, 5.41) is 21.7. The number of aromatic nitrogens is 7. The van der Waals surface area contributed by atoms with Crippen molar-refractivity contribution in [2.45, 2.75) is 87.1 Å². The Kier molecular flexibility index (Phi) is 11.6. The lowest BCUT2D eigenvalue weighted by Crippen LogP contribution is -2.04. The number of hydrogen-bond donors (Lipinski definition) is 1. The molecule has 12 heteroatoms. The zero-order chi connectivity index (χ0) is 40.2. The summed E-state index contributed by atoms with van der Waals surface area (Å²) in [7, 11) is 0. The molecule has 0 saturated heterocycles. The molecule has 5 aromatic heterocycles. The number of benzene rings is 2. The maximum absolute atomic E-state index is 12.1. The van der Waals surface area contributed by atoms with E-state index in [0.29, 0.717) is 50.5 Å². The van der Waals surface area contributed by atoms with Crippen LogP contribution >= 0.6 is 0 Å². The van der Waals surface area contributed by atoms with Crippen molar-refractivity contribution in [1.82, 2.24) is 33.7 Å². The van der Waals surface area contributed by atoms with Crippen molar-refractivity contribution in [3.63, 3.8) is 0 Å². The van der Waals surface area contributed by atoms with Gasteiger partial charge in [0.1, 0.15) is 23.5 Å². The molecule has 57 heavy (non-hydrogen) atoms. The highest BCUT2D eigenvalue weighted by atomic mass is 16.5. The second-order valence-electron chi connectivity index (χ2n) is 14.3. The van der Waals surface area contributed by atoms with Crippen LogP contribution in [0.1, 0.15) is 71.3 Å². The van der Waals surface area contributed by atoms with E-state index < -0.39 is 0 Å². The fourth-order valence-corrected chi connectivity index (χ4v) is 7.91. The molecule has 7 aromatic rings. The van der Waals surface area contributed by atoms with Crippen molar-refractivity contribution in [2.24, 2.45) is 9.98 Å². The maximum Gasteiger partial charge on any atom is 0.150 e. The van der Waals surface area contributed by atoms with Gasteiger partial charge in [0.15, 0.2) is 0 Å². The Bertz CT molecular complexity index is 2670. The molecule has 0 radical (unpaired) electrons. The maximum atomic E-state index is 12.1. The molecule has 0 aliphatic heterocycles. The summed E-state index contributed by atoms with van der Waals surface area (Å²) in [6, 6.07) is 16.3. The summed E-state index contributed by atoms with van der Waals surface area (Å²) in [6.07, 6.45) is 8.40. The van der Waals surface area contributed by atoms with Crippen LogP contribution in [0.4, 0.5) is 5.82 Å².